The molecule has 5 heteroatoms. The van der Waals surface area contributed by atoms with Gasteiger partial charge in [-0.25, -0.2) is 8.78 Å². The summed E-state index contributed by atoms with van der Waals surface area (Å²) >= 11 is 0. The molecular weight excluding hydrogens is 312 g/mol. The van der Waals surface area contributed by atoms with Crippen LogP contribution in [0.1, 0.15) is 17.5 Å². The van der Waals surface area contributed by atoms with E-state index in [4.69, 9.17) is 4.74 Å². The lowest BCUT2D eigenvalue weighted by molar-refractivity contribution is -0.140. The summed E-state index contributed by atoms with van der Waals surface area (Å²) in [5.74, 6) is -1.02. The molecule has 124 valence electrons. The van der Waals surface area contributed by atoms with E-state index in [-0.39, 0.29) is 24.0 Å². The largest absolute Gasteiger partial charge is 0.469 e. The van der Waals surface area contributed by atoms with E-state index in [9.17, 15) is 13.6 Å². The van der Waals surface area contributed by atoms with Crippen molar-refractivity contribution in [1.82, 2.24) is 4.98 Å². The average Bonchev–Trinajstić information content (AvgIpc) is 2.92. The van der Waals surface area contributed by atoms with E-state index in [1.54, 1.807) is 12.1 Å². The van der Waals surface area contributed by atoms with E-state index < -0.39 is 0 Å². The highest BCUT2D eigenvalue weighted by atomic mass is 19.1. The zero-order valence-corrected chi connectivity index (χ0v) is 13.5. The van der Waals surface area contributed by atoms with Crippen molar-refractivity contribution in [2.75, 3.05) is 7.11 Å². The molecule has 0 spiro atoms. The number of hydrogen-bond acceptors (Lipinski definition) is 2. The molecule has 0 aliphatic heterocycles. The van der Waals surface area contributed by atoms with Gasteiger partial charge in [0.25, 0.3) is 0 Å². The molecule has 0 amide bonds. The number of aromatic amines is 1. The molecule has 0 atom stereocenters. The second kappa shape index (κ2) is 6.43. The van der Waals surface area contributed by atoms with Crippen molar-refractivity contribution in [3.05, 3.63) is 59.2 Å². The van der Waals surface area contributed by atoms with Gasteiger partial charge in [-0.15, -0.1) is 0 Å². The van der Waals surface area contributed by atoms with E-state index in [1.165, 1.54) is 25.3 Å². The van der Waals surface area contributed by atoms with Crippen LogP contribution < -0.4 is 0 Å². The summed E-state index contributed by atoms with van der Waals surface area (Å²) in [5, 5.41) is 0.732. The van der Waals surface area contributed by atoms with Gasteiger partial charge in [0.1, 0.15) is 11.6 Å². The number of esters is 1. The third-order valence-corrected chi connectivity index (χ3v) is 4.05. The Morgan fingerprint density at radius 1 is 1.17 bits per heavy atom. The van der Waals surface area contributed by atoms with Crippen LogP contribution in [0.2, 0.25) is 0 Å². The van der Waals surface area contributed by atoms with Gasteiger partial charge in [-0.2, -0.15) is 0 Å². The standard InChI is InChI=1S/C19H17F2NO2/c1-11-9-15-14(7-8-17(23)24-2)18(22-19(15)16(21)10-11)12-3-5-13(20)6-4-12/h3-6,9-10,22H,7-8H2,1-2H3. The summed E-state index contributed by atoms with van der Waals surface area (Å²) in [6, 6.07) is 9.31. The first kappa shape index (κ1) is 16.2. The molecule has 0 aliphatic carbocycles. The van der Waals surface area contributed by atoms with Crippen LogP contribution in [0.4, 0.5) is 8.78 Å². The number of aryl methyl sites for hydroxylation is 2. The van der Waals surface area contributed by atoms with Gasteiger partial charge in [-0.1, -0.05) is 0 Å². The van der Waals surface area contributed by atoms with Crippen molar-refractivity contribution >= 4 is 16.9 Å². The summed E-state index contributed by atoms with van der Waals surface area (Å²) in [7, 11) is 1.34. The van der Waals surface area contributed by atoms with E-state index in [0.717, 1.165) is 22.1 Å². The van der Waals surface area contributed by atoms with Crippen molar-refractivity contribution in [3.63, 3.8) is 0 Å². The fourth-order valence-electron chi connectivity index (χ4n) is 2.89. The molecule has 2 aromatic carbocycles. The Bertz CT molecular complexity index is 898. The number of aromatic nitrogens is 1. The Morgan fingerprint density at radius 3 is 2.54 bits per heavy atom. The molecule has 0 aliphatic rings. The number of ether oxygens (including phenoxy) is 1. The van der Waals surface area contributed by atoms with Gasteiger partial charge in [0, 0.05) is 17.5 Å². The van der Waals surface area contributed by atoms with Gasteiger partial charge in [-0.3, -0.25) is 4.79 Å². The molecule has 3 nitrogen and oxygen atoms in total. The Morgan fingerprint density at radius 2 is 1.88 bits per heavy atom. The molecule has 0 radical (unpaired) electrons. The highest BCUT2D eigenvalue weighted by Crippen LogP contribution is 2.33. The molecule has 3 rings (SSSR count). The molecule has 24 heavy (non-hydrogen) atoms. The molecule has 1 heterocycles. The SMILES string of the molecule is COC(=O)CCc1c(-c2ccc(F)cc2)[nH]c2c(F)cc(C)cc12. The number of carbonyl (C=O) groups excluding carboxylic acids is 1. The molecule has 0 unspecified atom stereocenters. The molecule has 3 aromatic rings. The molecule has 0 saturated heterocycles. The quantitative estimate of drug-likeness (QED) is 0.715. The van der Waals surface area contributed by atoms with Crippen LogP contribution in [0, 0.1) is 18.6 Å². The third-order valence-electron chi connectivity index (χ3n) is 4.05. The molecular formula is C19H17F2NO2. The van der Waals surface area contributed by atoms with Crippen molar-refractivity contribution in [2.24, 2.45) is 0 Å². The number of fused-ring (bicyclic) bond motifs is 1. The van der Waals surface area contributed by atoms with Crippen molar-refractivity contribution in [3.8, 4) is 11.3 Å². The van der Waals surface area contributed by atoms with Crippen LogP contribution in [0.3, 0.4) is 0 Å². The third kappa shape index (κ3) is 3.02. The Hall–Kier alpha value is -2.69. The number of halogens is 2. The first-order valence-corrected chi connectivity index (χ1v) is 7.63. The summed E-state index contributed by atoms with van der Waals surface area (Å²) < 4.78 is 32.2. The van der Waals surface area contributed by atoms with E-state index in [2.05, 4.69) is 4.98 Å². The molecule has 0 saturated carbocycles. The van der Waals surface area contributed by atoms with Crippen molar-refractivity contribution < 1.29 is 18.3 Å². The Kier molecular flexibility index (Phi) is 4.34. The maximum Gasteiger partial charge on any atom is 0.305 e. The summed E-state index contributed by atoms with van der Waals surface area (Å²) in [6.45, 7) is 1.82. The highest BCUT2D eigenvalue weighted by molar-refractivity contribution is 5.92. The Balaban J connectivity index is 2.17. The molecule has 1 aromatic heterocycles. The number of rotatable bonds is 4. The second-order valence-corrected chi connectivity index (χ2v) is 5.73. The van der Waals surface area contributed by atoms with Gasteiger partial charge < -0.3 is 9.72 Å². The predicted octanol–water partition coefficient (Wildman–Crippen LogP) is 4.53. The van der Waals surface area contributed by atoms with Crippen LogP contribution in [-0.4, -0.2) is 18.1 Å². The van der Waals surface area contributed by atoms with Crippen LogP contribution in [0.25, 0.3) is 22.2 Å². The lowest BCUT2D eigenvalue weighted by Gasteiger charge is -2.05. The summed E-state index contributed by atoms with van der Waals surface area (Å²) in [6.07, 6.45) is 0.593. The molecule has 1 N–H and O–H groups in total. The minimum atomic E-state index is -0.349. The van der Waals surface area contributed by atoms with Gasteiger partial charge >= 0.3 is 5.97 Å². The zero-order valence-electron chi connectivity index (χ0n) is 13.5. The number of benzene rings is 2. The first-order valence-electron chi connectivity index (χ1n) is 7.63. The number of H-pyrrole nitrogens is 1. The van der Waals surface area contributed by atoms with Crippen LogP contribution in [0.15, 0.2) is 36.4 Å². The van der Waals surface area contributed by atoms with Crippen LogP contribution in [-0.2, 0) is 16.0 Å². The minimum Gasteiger partial charge on any atom is -0.469 e. The topological polar surface area (TPSA) is 42.1 Å². The second-order valence-electron chi connectivity index (χ2n) is 5.73. The van der Waals surface area contributed by atoms with Crippen molar-refractivity contribution in [1.29, 1.82) is 0 Å². The fraction of sp³-hybridized carbons (Fsp3) is 0.211. The molecule has 0 fully saturated rings. The fourth-order valence-corrected chi connectivity index (χ4v) is 2.89. The van der Waals surface area contributed by atoms with E-state index in [1.807, 2.05) is 13.0 Å². The average molecular weight is 329 g/mol. The van der Waals surface area contributed by atoms with Gasteiger partial charge in [-0.05, 0) is 66.4 Å². The van der Waals surface area contributed by atoms with Crippen molar-refractivity contribution in [2.45, 2.75) is 19.8 Å². The number of methoxy groups -OCH3 is 1. The predicted molar refractivity (Wildman–Crippen MR) is 88.7 cm³/mol. The monoisotopic (exact) mass is 329 g/mol. The smallest absolute Gasteiger partial charge is 0.305 e. The lowest BCUT2D eigenvalue weighted by atomic mass is 10.00. The number of carbonyl (C=O) groups is 1. The van der Waals surface area contributed by atoms with Crippen LogP contribution >= 0.6 is 0 Å². The lowest BCUT2D eigenvalue weighted by Crippen LogP contribution is -2.02. The maximum absolute atomic E-state index is 14.3. The van der Waals surface area contributed by atoms with Gasteiger partial charge in [0.05, 0.1) is 12.6 Å². The maximum atomic E-state index is 14.3. The number of hydrogen-bond donors (Lipinski definition) is 1. The summed E-state index contributed by atoms with van der Waals surface area (Å²) in [4.78, 5) is 14.6. The minimum absolute atomic E-state index is 0.188. The normalized spacial score (nSPS) is 11.0. The van der Waals surface area contributed by atoms with Gasteiger partial charge in [0.15, 0.2) is 0 Å². The van der Waals surface area contributed by atoms with E-state index >= 15 is 0 Å². The Labute approximate surface area is 138 Å². The highest BCUT2D eigenvalue weighted by Gasteiger charge is 2.17. The van der Waals surface area contributed by atoms with E-state index in [0.29, 0.717) is 17.6 Å². The first-order chi connectivity index (χ1) is 11.5. The molecule has 0 bridgehead atoms. The summed E-state index contributed by atoms with van der Waals surface area (Å²) in [5.41, 5.74) is 3.44. The zero-order chi connectivity index (χ0) is 17.3. The van der Waals surface area contributed by atoms with Gasteiger partial charge in [0.2, 0.25) is 0 Å². The van der Waals surface area contributed by atoms with Crippen LogP contribution in [0.5, 0.6) is 0 Å². The number of nitrogens with one attached hydrogen (secondary N) is 1.